The van der Waals surface area contributed by atoms with E-state index >= 15 is 0 Å². The van der Waals surface area contributed by atoms with Gasteiger partial charge in [-0.1, -0.05) is 47.6 Å². The Hall–Kier alpha value is -5.45. The number of carbonyl (C=O) groups excluding carboxylic acids is 3. The van der Waals surface area contributed by atoms with Crippen molar-refractivity contribution in [1.29, 1.82) is 0 Å². The highest BCUT2D eigenvalue weighted by molar-refractivity contribution is 6.03. The van der Waals surface area contributed by atoms with Gasteiger partial charge in [0.1, 0.15) is 5.76 Å². The van der Waals surface area contributed by atoms with Crippen molar-refractivity contribution in [3.8, 4) is 0 Å². The van der Waals surface area contributed by atoms with Crippen LogP contribution in [0.1, 0.15) is 51.8 Å². The molecule has 0 fully saturated rings. The topological polar surface area (TPSA) is 154 Å². The molecule has 0 saturated heterocycles. The number of carboxylic acid groups (broad SMARTS) is 1. The third kappa shape index (κ3) is 7.45. The summed E-state index contributed by atoms with van der Waals surface area (Å²) >= 11 is 0. The van der Waals surface area contributed by atoms with E-state index in [1.54, 1.807) is 60.4 Å². The molecule has 5 rings (SSSR count). The third-order valence-electron chi connectivity index (χ3n) is 7.09. The lowest BCUT2D eigenvalue weighted by Crippen LogP contribution is -2.33. The van der Waals surface area contributed by atoms with Gasteiger partial charge in [-0.3, -0.25) is 19.3 Å². The van der Waals surface area contributed by atoms with Gasteiger partial charge in [0.25, 0.3) is 5.91 Å². The van der Waals surface area contributed by atoms with Gasteiger partial charge in [0.05, 0.1) is 12.5 Å². The van der Waals surface area contributed by atoms with Gasteiger partial charge < -0.3 is 25.6 Å². The lowest BCUT2D eigenvalue weighted by atomic mass is 10.0. The minimum absolute atomic E-state index is 0.0919. The first-order chi connectivity index (χ1) is 20.7. The Labute approximate surface area is 247 Å². The summed E-state index contributed by atoms with van der Waals surface area (Å²) in [5.74, 6) is -1.27. The van der Waals surface area contributed by atoms with Gasteiger partial charge >= 0.3 is 12.0 Å². The lowest BCUT2D eigenvalue weighted by molar-refractivity contribution is -0.137. The van der Waals surface area contributed by atoms with Crippen LogP contribution >= 0.6 is 0 Å². The number of hydrogen-bond acceptors (Lipinski definition) is 6. The molecule has 4 N–H and O–H groups in total. The highest BCUT2D eigenvalue weighted by Gasteiger charge is 2.24. The molecule has 1 aromatic heterocycles. The predicted octanol–water partition coefficient (Wildman–Crippen LogP) is 5.09. The smallest absolute Gasteiger partial charge is 0.326 e. The highest BCUT2D eigenvalue weighted by atomic mass is 16.5. The molecule has 2 heterocycles. The van der Waals surface area contributed by atoms with E-state index in [9.17, 15) is 24.3 Å². The van der Waals surface area contributed by atoms with Crippen LogP contribution in [-0.4, -0.2) is 40.6 Å². The maximum atomic E-state index is 12.8. The molecule has 11 nitrogen and oxygen atoms in total. The SMILES string of the molecule is Cc1cc(C(=O)NC(CCC(=O)O)c2cccc(NC(=O)Cc3ccc(NC(=O)N4CCc5ccccc54)cc3)c2)no1. The number of hydrogen-bond donors (Lipinski definition) is 4. The first-order valence-electron chi connectivity index (χ1n) is 13.9. The average Bonchev–Trinajstić information content (AvgIpc) is 3.63. The molecule has 1 atom stereocenters. The van der Waals surface area contributed by atoms with Crippen LogP contribution in [0, 0.1) is 6.92 Å². The molecule has 0 spiro atoms. The molecule has 0 aliphatic carbocycles. The van der Waals surface area contributed by atoms with Gasteiger partial charge in [0.15, 0.2) is 5.69 Å². The maximum absolute atomic E-state index is 12.8. The number of benzene rings is 3. The molecule has 0 radical (unpaired) electrons. The molecule has 0 bridgehead atoms. The summed E-state index contributed by atoms with van der Waals surface area (Å²) in [6.07, 6.45) is 0.896. The fraction of sp³-hybridized carbons (Fsp3) is 0.219. The number of nitrogens with zero attached hydrogens (tertiary/aromatic N) is 2. The zero-order valence-corrected chi connectivity index (χ0v) is 23.5. The van der Waals surface area contributed by atoms with E-state index in [0.717, 1.165) is 23.2 Å². The third-order valence-corrected chi connectivity index (χ3v) is 7.09. The lowest BCUT2D eigenvalue weighted by Gasteiger charge is -2.19. The largest absolute Gasteiger partial charge is 0.481 e. The number of aliphatic carboxylic acids is 1. The first kappa shape index (κ1) is 29.1. The summed E-state index contributed by atoms with van der Waals surface area (Å²) in [6, 6.07) is 22.5. The zero-order valence-electron chi connectivity index (χ0n) is 23.5. The Morgan fingerprint density at radius 3 is 2.49 bits per heavy atom. The minimum atomic E-state index is -0.993. The second-order valence-electron chi connectivity index (χ2n) is 10.3. The maximum Gasteiger partial charge on any atom is 0.326 e. The molecule has 220 valence electrons. The first-order valence-corrected chi connectivity index (χ1v) is 13.9. The number of urea groups is 1. The van der Waals surface area contributed by atoms with Gasteiger partial charge in [-0.05, 0) is 66.8 Å². The van der Waals surface area contributed by atoms with Crippen molar-refractivity contribution in [3.63, 3.8) is 0 Å². The summed E-state index contributed by atoms with van der Waals surface area (Å²) in [7, 11) is 0. The molecule has 0 saturated carbocycles. The fourth-order valence-electron chi connectivity index (χ4n) is 4.97. The number of para-hydroxylation sites is 1. The zero-order chi connectivity index (χ0) is 30.3. The Morgan fingerprint density at radius 2 is 1.74 bits per heavy atom. The van der Waals surface area contributed by atoms with E-state index in [1.165, 1.54) is 6.07 Å². The Morgan fingerprint density at radius 1 is 0.953 bits per heavy atom. The van der Waals surface area contributed by atoms with E-state index < -0.39 is 17.9 Å². The van der Waals surface area contributed by atoms with Crippen LogP contribution in [-0.2, 0) is 22.4 Å². The Bertz CT molecular complexity index is 1650. The van der Waals surface area contributed by atoms with Crippen molar-refractivity contribution >= 4 is 40.9 Å². The quantitative estimate of drug-likeness (QED) is 0.203. The van der Waals surface area contributed by atoms with Crippen molar-refractivity contribution in [3.05, 3.63) is 107 Å². The number of rotatable bonds is 10. The van der Waals surface area contributed by atoms with Crippen molar-refractivity contribution in [2.45, 2.75) is 38.6 Å². The molecule has 1 aliphatic heterocycles. The molecule has 1 unspecified atom stereocenters. The second kappa shape index (κ2) is 13.0. The second-order valence-corrected chi connectivity index (χ2v) is 10.3. The van der Waals surface area contributed by atoms with Crippen molar-refractivity contribution in [2.75, 3.05) is 22.1 Å². The normalized spacial score (nSPS) is 12.7. The van der Waals surface area contributed by atoms with Crippen LogP contribution in [0.5, 0.6) is 0 Å². The van der Waals surface area contributed by atoms with Crippen molar-refractivity contribution < 1.29 is 28.8 Å². The molecular formula is C32H31N5O6. The van der Waals surface area contributed by atoms with Gasteiger partial charge in [0, 0.05) is 36.1 Å². The predicted molar refractivity (Wildman–Crippen MR) is 160 cm³/mol. The molecule has 4 aromatic rings. The Kier molecular flexibility index (Phi) is 8.80. The monoisotopic (exact) mass is 581 g/mol. The van der Waals surface area contributed by atoms with Gasteiger partial charge in [-0.2, -0.15) is 0 Å². The summed E-state index contributed by atoms with van der Waals surface area (Å²) in [5.41, 5.74) is 4.67. The van der Waals surface area contributed by atoms with Crippen molar-refractivity contribution in [2.24, 2.45) is 0 Å². The number of carbonyl (C=O) groups is 4. The molecule has 3 aromatic carbocycles. The van der Waals surface area contributed by atoms with E-state index in [0.29, 0.717) is 29.2 Å². The van der Waals surface area contributed by atoms with Crippen LogP contribution in [0.3, 0.4) is 0 Å². The van der Waals surface area contributed by atoms with E-state index in [1.807, 2.05) is 24.3 Å². The summed E-state index contributed by atoms with van der Waals surface area (Å²) in [6.45, 7) is 2.29. The fourth-order valence-corrected chi connectivity index (χ4v) is 4.97. The van der Waals surface area contributed by atoms with Crippen LogP contribution in [0.25, 0.3) is 0 Å². The summed E-state index contributed by atoms with van der Waals surface area (Å²) in [4.78, 5) is 51.3. The average molecular weight is 582 g/mol. The standard InChI is InChI=1S/C32H31N5O6/c1-20-17-27(36-43-20)31(41)35-26(13-14-30(39)40)23-6-4-7-25(19-23)33-29(38)18-21-9-11-24(12-10-21)34-32(42)37-16-15-22-5-2-3-8-28(22)37/h2-12,17,19,26H,13-16,18H2,1H3,(H,33,38)(H,34,42)(H,35,41)(H,39,40). The van der Waals surface area contributed by atoms with Crippen LogP contribution in [0.4, 0.5) is 21.9 Å². The molecule has 4 amide bonds. The van der Waals surface area contributed by atoms with Crippen LogP contribution < -0.4 is 20.9 Å². The number of anilines is 3. The van der Waals surface area contributed by atoms with E-state index in [2.05, 4.69) is 21.1 Å². The number of nitrogens with one attached hydrogen (secondary N) is 3. The van der Waals surface area contributed by atoms with Crippen LogP contribution in [0.2, 0.25) is 0 Å². The Balaban J connectivity index is 1.18. The molecular weight excluding hydrogens is 550 g/mol. The number of amides is 4. The molecule has 1 aliphatic rings. The van der Waals surface area contributed by atoms with Gasteiger partial charge in [-0.15, -0.1) is 0 Å². The number of fused-ring (bicyclic) bond motifs is 1. The van der Waals surface area contributed by atoms with Gasteiger partial charge in [-0.25, -0.2) is 4.79 Å². The minimum Gasteiger partial charge on any atom is -0.481 e. The number of carboxylic acids is 1. The number of aromatic nitrogens is 1. The summed E-state index contributed by atoms with van der Waals surface area (Å²) in [5, 5.41) is 21.5. The van der Waals surface area contributed by atoms with E-state index in [-0.39, 0.29) is 36.9 Å². The molecule has 43 heavy (non-hydrogen) atoms. The molecule has 11 heteroatoms. The number of aryl methyl sites for hydroxylation is 1. The summed E-state index contributed by atoms with van der Waals surface area (Å²) < 4.78 is 4.97. The van der Waals surface area contributed by atoms with Crippen LogP contribution in [0.15, 0.2) is 83.4 Å². The van der Waals surface area contributed by atoms with Gasteiger partial charge in [0.2, 0.25) is 5.91 Å². The highest BCUT2D eigenvalue weighted by Crippen LogP contribution is 2.28. The van der Waals surface area contributed by atoms with Crippen molar-refractivity contribution in [1.82, 2.24) is 10.5 Å². The van der Waals surface area contributed by atoms with E-state index in [4.69, 9.17) is 4.52 Å².